The van der Waals surface area contributed by atoms with Gasteiger partial charge in [-0.05, 0) is 25.0 Å². The van der Waals surface area contributed by atoms with Crippen molar-refractivity contribution in [1.82, 2.24) is 9.80 Å². The van der Waals surface area contributed by atoms with Gasteiger partial charge in [0, 0.05) is 70.1 Å². The van der Waals surface area contributed by atoms with Gasteiger partial charge in [0.2, 0.25) is 0 Å². The molecule has 4 aliphatic rings. The van der Waals surface area contributed by atoms with E-state index in [-0.39, 0.29) is 30.4 Å². The maximum atomic E-state index is 12.4. The summed E-state index contributed by atoms with van der Waals surface area (Å²) in [6.07, 6.45) is 14.6. The van der Waals surface area contributed by atoms with Crippen LogP contribution in [0.1, 0.15) is 25.7 Å². The number of likely N-dealkylation sites (N-methyl/N-ethyl adjacent to an activating group) is 1. The van der Waals surface area contributed by atoms with Crippen molar-refractivity contribution < 1.29 is 19.0 Å². The number of esters is 1. The smallest absolute Gasteiger partial charge is 0.332 e. The van der Waals surface area contributed by atoms with E-state index >= 15 is 0 Å². The summed E-state index contributed by atoms with van der Waals surface area (Å²) in [4.78, 5) is 16.8. The number of carbonyl (C=O) groups excluding carboxylic acids is 1. The summed E-state index contributed by atoms with van der Waals surface area (Å²) in [5.74, 6) is 6.31. The number of hydrogen-bond acceptors (Lipinski definition) is 6. The molecule has 4 atom stereocenters. The number of methoxy groups -OCH3 is 2. The van der Waals surface area contributed by atoms with Crippen molar-refractivity contribution >= 4 is 5.97 Å². The fourth-order valence-electron chi connectivity index (χ4n) is 5.65. The molecule has 6 nitrogen and oxygen atoms in total. The molecule has 0 amide bonds. The van der Waals surface area contributed by atoms with Crippen molar-refractivity contribution in [3.8, 4) is 11.8 Å². The standard InChI is InChI=1S/C26H32N2O4/c1-6-10-19(27(2)3)12-9-7-8-11-18-15-20-17-26(21(18)16-24(29)32-26)23-14-13-22(28(20)23)25(30-4)31-5/h6,9-10,12,15-16,20,22-23,25H,1,7,13-14,17H2,2-5H3/b12-9-,19-10+. The first kappa shape index (κ1) is 22.6. The minimum absolute atomic E-state index is 0.130. The number of allylic oxidation sites excluding steroid dienone is 4. The van der Waals surface area contributed by atoms with Crippen molar-refractivity contribution in [3.05, 3.63) is 59.9 Å². The minimum Gasteiger partial charge on any atom is -0.449 e. The zero-order valence-corrected chi connectivity index (χ0v) is 19.3. The van der Waals surface area contributed by atoms with Crippen LogP contribution in [-0.4, -0.2) is 74.1 Å². The van der Waals surface area contributed by atoms with Crippen LogP contribution < -0.4 is 0 Å². The summed E-state index contributed by atoms with van der Waals surface area (Å²) in [5, 5.41) is 0. The number of ether oxygens (including phenoxy) is 3. The van der Waals surface area contributed by atoms with Crippen LogP contribution in [0.4, 0.5) is 0 Å². The highest BCUT2D eigenvalue weighted by molar-refractivity contribution is 5.90. The topological polar surface area (TPSA) is 51.2 Å². The van der Waals surface area contributed by atoms with Gasteiger partial charge < -0.3 is 19.1 Å². The summed E-state index contributed by atoms with van der Waals surface area (Å²) >= 11 is 0. The third-order valence-corrected chi connectivity index (χ3v) is 6.88. The van der Waals surface area contributed by atoms with Crippen LogP contribution >= 0.6 is 0 Å². The highest BCUT2D eigenvalue weighted by Gasteiger charge is 2.65. The van der Waals surface area contributed by atoms with Gasteiger partial charge in [-0.1, -0.05) is 36.6 Å². The Kier molecular flexibility index (Phi) is 6.43. The van der Waals surface area contributed by atoms with Crippen LogP contribution in [0.5, 0.6) is 0 Å². The highest BCUT2D eigenvalue weighted by Crippen LogP contribution is 2.56. The van der Waals surface area contributed by atoms with Crippen LogP contribution in [0.3, 0.4) is 0 Å². The molecule has 170 valence electrons. The second kappa shape index (κ2) is 9.11. The highest BCUT2D eigenvalue weighted by atomic mass is 16.7. The molecule has 6 heteroatoms. The first-order valence-electron chi connectivity index (χ1n) is 11.1. The van der Waals surface area contributed by atoms with E-state index in [9.17, 15) is 4.79 Å². The quantitative estimate of drug-likeness (QED) is 0.265. The molecule has 3 heterocycles. The lowest BCUT2D eigenvalue weighted by molar-refractivity contribution is -0.151. The second-order valence-electron chi connectivity index (χ2n) is 8.80. The Bertz CT molecular complexity index is 960. The Morgan fingerprint density at radius 1 is 1.41 bits per heavy atom. The molecule has 0 aromatic rings. The number of fused-ring (bicyclic) bond motifs is 3. The zero-order valence-electron chi connectivity index (χ0n) is 19.3. The van der Waals surface area contributed by atoms with Gasteiger partial charge in [0.1, 0.15) is 0 Å². The average Bonchev–Trinajstić information content (AvgIpc) is 3.41. The molecule has 0 N–H and O–H groups in total. The summed E-state index contributed by atoms with van der Waals surface area (Å²) in [6.45, 7) is 3.76. The lowest BCUT2D eigenvalue weighted by Crippen LogP contribution is -2.48. The van der Waals surface area contributed by atoms with Crippen LogP contribution in [0.25, 0.3) is 0 Å². The van der Waals surface area contributed by atoms with E-state index in [1.807, 2.05) is 37.2 Å². The maximum Gasteiger partial charge on any atom is 0.332 e. The molecule has 0 aromatic carbocycles. The molecular weight excluding hydrogens is 404 g/mol. The Hall–Kier alpha value is -2.59. The monoisotopic (exact) mass is 436 g/mol. The number of hydrogen-bond donors (Lipinski definition) is 0. The van der Waals surface area contributed by atoms with Gasteiger partial charge >= 0.3 is 5.97 Å². The minimum atomic E-state index is -0.595. The van der Waals surface area contributed by atoms with Gasteiger partial charge in [-0.3, -0.25) is 4.90 Å². The molecule has 32 heavy (non-hydrogen) atoms. The maximum absolute atomic E-state index is 12.4. The van der Waals surface area contributed by atoms with E-state index in [4.69, 9.17) is 14.2 Å². The predicted molar refractivity (Wildman–Crippen MR) is 123 cm³/mol. The van der Waals surface area contributed by atoms with E-state index < -0.39 is 5.60 Å². The molecule has 4 unspecified atom stereocenters. The summed E-state index contributed by atoms with van der Waals surface area (Å²) in [5.41, 5.74) is 2.32. The third-order valence-electron chi connectivity index (χ3n) is 6.88. The molecule has 0 saturated carbocycles. The molecular formula is C26H32N2O4. The Balaban J connectivity index is 1.58. The van der Waals surface area contributed by atoms with Gasteiger partial charge in [-0.25, -0.2) is 4.79 Å². The van der Waals surface area contributed by atoms with Crippen molar-refractivity contribution in [3.63, 3.8) is 0 Å². The Morgan fingerprint density at radius 3 is 2.88 bits per heavy atom. The van der Waals surface area contributed by atoms with Crippen molar-refractivity contribution in [2.75, 3.05) is 28.3 Å². The zero-order chi connectivity index (χ0) is 22.9. The lowest BCUT2D eigenvalue weighted by atomic mass is 9.77. The normalized spacial score (nSPS) is 31.1. The lowest BCUT2D eigenvalue weighted by Gasteiger charge is -2.33. The van der Waals surface area contributed by atoms with Gasteiger partial charge in [0.05, 0.1) is 12.1 Å². The number of rotatable bonds is 7. The average molecular weight is 437 g/mol. The van der Waals surface area contributed by atoms with Crippen molar-refractivity contribution in [2.45, 2.75) is 55.7 Å². The van der Waals surface area contributed by atoms with E-state index in [0.29, 0.717) is 6.42 Å². The van der Waals surface area contributed by atoms with Crippen molar-refractivity contribution in [2.24, 2.45) is 0 Å². The first-order valence-corrected chi connectivity index (χ1v) is 11.1. The molecule has 0 radical (unpaired) electrons. The fourth-order valence-corrected chi connectivity index (χ4v) is 5.65. The third kappa shape index (κ3) is 3.75. The Labute approximate surface area is 190 Å². The first-order chi connectivity index (χ1) is 15.4. The number of carbonyl (C=O) groups is 1. The molecule has 2 fully saturated rings. The van der Waals surface area contributed by atoms with E-state index in [2.05, 4.69) is 29.4 Å². The SMILES string of the molecule is C=C/C=C(\C=C/CC#CC1=CC2CC3(OC(=O)C=C13)C1CCC(C(OC)OC)N21)N(C)C. The largest absolute Gasteiger partial charge is 0.449 e. The van der Waals surface area contributed by atoms with Gasteiger partial charge in [-0.15, -0.1) is 0 Å². The van der Waals surface area contributed by atoms with Gasteiger partial charge in [0.15, 0.2) is 11.9 Å². The van der Waals surface area contributed by atoms with Gasteiger partial charge in [0.25, 0.3) is 0 Å². The molecule has 2 saturated heterocycles. The predicted octanol–water partition coefficient (Wildman–Crippen LogP) is 2.95. The van der Waals surface area contributed by atoms with Crippen LogP contribution in [-0.2, 0) is 19.0 Å². The molecule has 1 aliphatic carbocycles. The van der Waals surface area contributed by atoms with Gasteiger partial charge in [-0.2, -0.15) is 0 Å². The molecule has 4 rings (SSSR count). The van der Waals surface area contributed by atoms with Crippen LogP contribution in [0, 0.1) is 11.8 Å². The van der Waals surface area contributed by atoms with E-state index in [1.165, 1.54) is 0 Å². The van der Waals surface area contributed by atoms with Crippen LogP contribution in [0.2, 0.25) is 0 Å². The molecule has 1 spiro atoms. The second-order valence-corrected chi connectivity index (χ2v) is 8.80. The van der Waals surface area contributed by atoms with E-state index in [1.54, 1.807) is 26.4 Å². The molecule has 2 bridgehead atoms. The van der Waals surface area contributed by atoms with E-state index in [0.717, 1.165) is 36.1 Å². The summed E-state index contributed by atoms with van der Waals surface area (Å²) in [7, 11) is 7.34. The van der Waals surface area contributed by atoms with Crippen molar-refractivity contribution in [1.29, 1.82) is 0 Å². The molecule has 3 aliphatic heterocycles. The fraction of sp³-hybridized carbons (Fsp3) is 0.500. The number of nitrogens with zero attached hydrogens (tertiary/aromatic N) is 2. The Morgan fingerprint density at radius 2 is 2.19 bits per heavy atom. The molecule has 0 aromatic heterocycles. The summed E-state index contributed by atoms with van der Waals surface area (Å²) < 4.78 is 17.2. The summed E-state index contributed by atoms with van der Waals surface area (Å²) in [6, 6.07) is 0.414. The van der Waals surface area contributed by atoms with Crippen LogP contribution in [0.15, 0.2) is 59.9 Å².